The Balaban J connectivity index is 2.02. The maximum Gasteiger partial charge on any atom is 0.251 e. The molecule has 1 fully saturated rings. The lowest BCUT2D eigenvalue weighted by Crippen LogP contribution is -2.38. The van der Waals surface area contributed by atoms with Crippen molar-refractivity contribution in [3.05, 3.63) is 29.8 Å². The largest absolute Gasteiger partial charge is 0.383 e. The molecule has 2 amide bonds. The highest BCUT2D eigenvalue weighted by atomic mass is 32.2. The lowest BCUT2D eigenvalue weighted by Gasteiger charge is -2.16. The summed E-state index contributed by atoms with van der Waals surface area (Å²) in [5.74, 6) is -0.631. The van der Waals surface area contributed by atoms with Crippen LogP contribution >= 0.6 is 0 Å². The highest BCUT2D eigenvalue weighted by molar-refractivity contribution is 7.89. The molecule has 9 heteroatoms. The molecule has 0 aromatic heterocycles. The molecule has 1 aromatic carbocycles. The van der Waals surface area contributed by atoms with Gasteiger partial charge in [0.15, 0.2) is 0 Å². The van der Waals surface area contributed by atoms with Crippen LogP contribution < -0.4 is 10.0 Å². The van der Waals surface area contributed by atoms with Gasteiger partial charge in [-0.05, 0) is 38.0 Å². The second kappa shape index (κ2) is 9.11. The SMILES string of the molecule is COC[C@H](C)NC(=O)c1cccc(S(=O)(=O)NCC(=O)N2CCCC2)c1. The number of likely N-dealkylation sites (tertiary alicyclic amines) is 1. The van der Waals surface area contributed by atoms with Gasteiger partial charge in [0, 0.05) is 31.8 Å². The molecule has 8 nitrogen and oxygen atoms in total. The minimum absolute atomic E-state index is 0.0567. The predicted molar refractivity (Wildman–Crippen MR) is 96.2 cm³/mol. The van der Waals surface area contributed by atoms with Gasteiger partial charge in [-0.3, -0.25) is 9.59 Å². The second-order valence-electron chi connectivity index (χ2n) is 6.27. The number of amides is 2. The van der Waals surface area contributed by atoms with Gasteiger partial charge in [-0.2, -0.15) is 0 Å². The number of sulfonamides is 1. The van der Waals surface area contributed by atoms with Gasteiger partial charge in [0.25, 0.3) is 5.91 Å². The average molecular weight is 383 g/mol. The molecule has 2 N–H and O–H groups in total. The van der Waals surface area contributed by atoms with E-state index < -0.39 is 10.0 Å². The van der Waals surface area contributed by atoms with Crippen molar-refractivity contribution in [1.82, 2.24) is 14.9 Å². The fourth-order valence-electron chi connectivity index (χ4n) is 2.72. The Kier molecular flexibility index (Phi) is 7.13. The van der Waals surface area contributed by atoms with Crippen molar-refractivity contribution in [2.45, 2.75) is 30.7 Å². The van der Waals surface area contributed by atoms with Crippen LogP contribution in [0, 0.1) is 0 Å². The summed E-state index contributed by atoms with van der Waals surface area (Å²) in [7, 11) is -2.35. The van der Waals surface area contributed by atoms with Crippen molar-refractivity contribution in [1.29, 1.82) is 0 Å². The van der Waals surface area contributed by atoms with E-state index in [-0.39, 0.29) is 34.9 Å². The monoisotopic (exact) mass is 383 g/mol. The topological polar surface area (TPSA) is 105 Å². The number of nitrogens with one attached hydrogen (secondary N) is 2. The molecular weight excluding hydrogens is 358 g/mol. The lowest BCUT2D eigenvalue weighted by molar-refractivity contribution is -0.128. The Bertz CT molecular complexity index is 745. The molecule has 0 spiro atoms. The van der Waals surface area contributed by atoms with Crippen molar-refractivity contribution in [3.8, 4) is 0 Å². The van der Waals surface area contributed by atoms with Crippen LogP contribution in [-0.4, -0.2) is 64.5 Å². The van der Waals surface area contributed by atoms with Crippen molar-refractivity contribution < 1.29 is 22.7 Å². The van der Waals surface area contributed by atoms with Crippen LogP contribution in [0.25, 0.3) is 0 Å². The molecule has 1 atom stereocenters. The summed E-state index contributed by atoms with van der Waals surface area (Å²) in [6.45, 7) is 3.17. The third-order valence-electron chi connectivity index (χ3n) is 4.07. The molecule has 2 rings (SSSR count). The number of methoxy groups -OCH3 is 1. The number of hydrogen-bond donors (Lipinski definition) is 2. The van der Waals surface area contributed by atoms with Gasteiger partial charge < -0.3 is 15.0 Å². The van der Waals surface area contributed by atoms with Crippen LogP contribution in [0.5, 0.6) is 0 Å². The summed E-state index contributed by atoms with van der Waals surface area (Å²) in [4.78, 5) is 25.8. The molecule has 1 aliphatic heterocycles. The number of carbonyl (C=O) groups excluding carboxylic acids is 2. The highest BCUT2D eigenvalue weighted by Gasteiger charge is 2.22. The molecule has 26 heavy (non-hydrogen) atoms. The molecule has 0 aliphatic carbocycles. The fourth-order valence-corrected chi connectivity index (χ4v) is 3.74. The Morgan fingerprint density at radius 2 is 1.96 bits per heavy atom. The average Bonchev–Trinajstić information content (AvgIpc) is 3.15. The third kappa shape index (κ3) is 5.52. The smallest absolute Gasteiger partial charge is 0.251 e. The number of carbonyl (C=O) groups is 2. The summed E-state index contributed by atoms with van der Waals surface area (Å²) in [6, 6.07) is 5.50. The normalized spacial score (nSPS) is 15.7. The summed E-state index contributed by atoms with van der Waals surface area (Å²) < 4.78 is 32.1. The van der Waals surface area contributed by atoms with Gasteiger partial charge in [0.05, 0.1) is 18.0 Å². The maximum atomic E-state index is 12.4. The molecule has 1 aliphatic rings. The van der Waals surface area contributed by atoms with Crippen molar-refractivity contribution in [2.75, 3.05) is 33.4 Å². The van der Waals surface area contributed by atoms with E-state index in [1.54, 1.807) is 11.8 Å². The summed E-state index contributed by atoms with van der Waals surface area (Å²) in [5, 5.41) is 2.72. The molecule has 0 radical (unpaired) electrons. The molecule has 144 valence electrons. The zero-order chi connectivity index (χ0) is 19.2. The first-order valence-corrected chi connectivity index (χ1v) is 9.99. The quantitative estimate of drug-likeness (QED) is 0.674. The van der Waals surface area contributed by atoms with E-state index in [1.165, 1.54) is 31.4 Å². The van der Waals surface area contributed by atoms with Gasteiger partial charge in [0.2, 0.25) is 15.9 Å². The minimum atomic E-state index is -3.88. The molecule has 1 heterocycles. The molecular formula is C17H25N3O5S. The number of rotatable bonds is 8. The maximum absolute atomic E-state index is 12.4. The van der Waals surface area contributed by atoms with E-state index in [9.17, 15) is 18.0 Å². The number of hydrogen-bond acceptors (Lipinski definition) is 5. The van der Waals surface area contributed by atoms with E-state index in [2.05, 4.69) is 10.0 Å². The van der Waals surface area contributed by atoms with Crippen molar-refractivity contribution >= 4 is 21.8 Å². The van der Waals surface area contributed by atoms with E-state index in [1.807, 2.05) is 0 Å². The van der Waals surface area contributed by atoms with Crippen LogP contribution in [0.1, 0.15) is 30.1 Å². The van der Waals surface area contributed by atoms with Crippen LogP contribution in [0.2, 0.25) is 0 Å². The Morgan fingerprint density at radius 3 is 2.62 bits per heavy atom. The Hall–Kier alpha value is -1.97. The predicted octanol–water partition coefficient (Wildman–Crippen LogP) is 0.352. The Labute approximate surface area is 153 Å². The summed E-state index contributed by atoms with van der Waals surface area (Å²) in [5.41, 5.74) is 0.224. The molecule has 1 saturated heterocycles. The molecule has 0 unspecified atom stereocenters. The van der Waals surface area contributed by atoms with E-state index in [4.69, 9.17) is 4.74 Å². The van der Waals surface area contributed by atoms with Gasteiger partial charge in [-0.1, -0.05) is 6.07 Å². The van der Waals surface area contributed by atoms with E-state index in [0.717, 1.165) is 12.8 Å². The highest BCUT2D eigenvalue weighted by Crippen LogP contribution is 2.12. The van der Waals surface area contributed by atoms with Gasteiger partial charge in [0.1, 0.15) is 0 Å². The minimum Gasteiger partial charge on any atom is -0.383 e. The van der Waals surface area contributed by atoms with Crippen LogP contribution in [0.15, 0.2) is 29.2 Å². The van der Waals surface area contributed by atoms with Gasteiger partial charge in [-0.15, -0.1) is 0 Å². The van der Waals surface area contributed by atoms with Crippen LogP contribution in [-0.2, 0) is 19.6 Å². The summed E-state index contributed by atoms with van der Waals surface area (Å²) >= 11 is 0. The van der Waals surface area contributed by atoms with Crippen LogP contribution in [0.3, 0.4) is 0 Å². The number of benzene rings is 1. The first-order chi connectivity index (χ1) is 12.3. The van der Waals surface area contributed by atoms with E-state index >= 15 is 0 Å². The first-order valence-electron chi connectivity index (χ1n) is 8.51. The van der Waals surface area contributed by atoms with Gasteiger partial charge >= 0.3 is 0 Å². The summed E-state index contributed by atoms with van der Waals surface area (Å²) in [6.07, 6.45) is 1.88. The molecule has 0 saturated carbocycles. The van der Waals surface area contributed by atoms with Crippen molar-refractivity contribution in [3.63, 3.8) is 0 Å². The zero-order valence-corrected chi connectivity index (χ0v) is 15.8. The van der Waals surface area contributed by atoms with E-state index in [0.29, 0.717) is 19.7 Å². The Morgan fingerprint density at radius 1 is 1.27 bits per heavy atom. The number of ether oxygens (including phenoxy) is 1. The zero-order valence-electron chi connectivity index (χ0n) is 15.0. The molecule has 1 aromatic rings. The standard InChI is InChI=1S/C17H25N3O5S/c1-13(12-25-2)19-17(22)14-6-5-7-15(10-14)26(23,24)18-11-16(21)20-8-3-4-9-20/h5-7,10,13,18H,3-4,8-9,11-12H2,1-2H3,(H,19,22)/t13-/m0/s1. The third-order valence-corrected chi connectivity index (χ3v) is 5.47. The van der Waals surface area contributed by atoms with Crippen molar-refractivity contribution in [2.24, 2.45) is 0 Å². The second-order valence-corrected chi connectivity index (χ2v) is 8.04. The first kappa shape index (κ1) is 20.3. The number of nitrogens with zero attached hydrogens (tertiary/aromatic N) is 1. The van der Waals surface area contributed by atoms with Gasteiger partial charge in [-0.25, -0.2) is 13.1 Å². The van der Waals surface area contributed by atoms with Crippen LogP contribution in [0.4, 0.5) is 0 Å². The molecule has 0 bridgehead atoms. The lowest BCUT2D eigenvalue weighted by atomic mass is 10.2. The fraction of sp³-hybridized carbons (Fsp3) is 0.529.